The van der Waals surface area contributed by atoms with Crippen LogP contribution < -0.4 is 0 Å². The van der Waals surface area contributed by atoms with Gasteiger partial charge in [-0.3, -0.25) is 9.89 Å². The molecule has 0 spiro atoms. The molecule has 128 valence electrons. The lowest BCUT2D eigenvalue weighted by Gasteiger charge is -2.34. The fraction of sp³-hybridized carbons (Fsp3) is 0.400. The Balaban J connectivity index is 1.52. The monoisotopic (exact) mass is 334 g/mol. The molecule has 5 nitrogen and oxygen atoms in total. The van der Waals surface area contributed by atoms with Gasteiger partial charge < -0.3 is 9.47 Å². The highest BCUT2D eigenvalue weighted by molar-refractivity contribution is 6.06. The molecule has 2 aliphatic carbocycles. The van der Waals surface area contributed by atoms with Crippen molar-refractivity contribution < 1.29 is 4.79 Å². The van der Waals surface area contributed by atoms with Crippen molar-refractivity contribution in [3.05, 3.63) is 53.5 Å². The zero-order valence-corrected chi connectivity index (χ0v) is 14.4. The lowest BCUT2D eigenvalue weighted by Crippen LogP contribution is -2.45. The minimum Gasteiger partial charge on any atom is -0.350 e. The van der Waals surface area contributed by atoms with Gasteiger partial charge in [-0.25, -0.2) is 0 Å². The molecule has 0 saturated heterocycles. The second-order valence-corrected chi connectivity index (χ2v) is 7.38. The molecule has 2 aliphatic rings. The van der Waals surface area contributed by atoms with Crippen molar-refractivity contribution in [2.24, 2.45) is 7.05 Å². The maximum atomic E-state index is 13.5. The van der Waals surface area contributed by atoms with E-state index >= 15 is 0 Å². The number of hydrogen-bond acceptors (Lipinski definition) is 2. The molecule has 5 heteroatoms. The van der Waals surface area contributed by atoms with Crippen molar-refractivity contribution in [2.75, 3.05) is 0 Å². The summed E-state index contributed by atoms with van der Waals surface area (Å²) in [7, 11) is 2.01. The third-order valence-electron chi connectivity index (χ3n) is 5.69. The van der Waals surface area contributed by atoms with Gasteiger partial charge in [0.2, 0.25) is 0 Å². The number of para-hydroxylation sites is 1. The Labute approximate surface area is 146 Å². The van der Waals surface area contributed by atoms with E-state index in [1.807, 2.05) is 31.6 Å². The number of carbonyl (C=O) groups is 1. The van der Waals surface area contributed by atoms with Gasteiger partial charge in [0.15, 0.2) is 0 Å². The van der Waals surface area contributed by atoms with Gasteiger partial charge in [-0.1, -0.05) is 12.1 Å². The number of aromatic amines is 1. The van der Waals surface area contributed by atoms with Crippen LogP contribution in [0.5, 0.6) is 0 Å². The Kier molecular flexibility index (Phi) is 3.23. The molecule has 2 aromatic heterocycles. The molecule has 1 atom stereocenters. The molecule has 1 N–H and O–H groups in total. The predicted molar refractivity (Wildman–Crippen MR) is 96.5 cm³/mol. The minimum absolute atomic E-state index is 0.187. The lowest BCUT2D eigenvalue weighted by molar-refractivity contribution is 0.0644. The largest absolute Gasteiger partial charge is 0.350 e. The molecule has 1 unspecified atom stereocenters. The van der Waals surface area contributed by atoms with E-state index in [2.05, 4.69) is 31.8 Å². The summed E-state index contributed by atoms with van der Waals surface area (Å²) in [5.74, 6) is 0.187. The number of rotatable bonds is 3. The first-order valence-electron chi connectivity index (χ1n) is 9.10. The van der Waals surface area contributed by atoms with Crippen LogP contribution >= 0.6 is 0 Å². The third-order valence-corrected chi connectivity index (χ3v) is 5.69. The highest BCUT2D eigenvalue weighted by atomic mass is 16.2. The molecule has 0 aliphatic heterocycles. The zero-order valence-electron chi connectivity index (χ0n) is 14.4. The summed E-state index contributed by atoms with van der Waals surface area (Å²) in [6.07, 6.45) is 9.12. The number of carbonyl (C=O) groups excluding carboxylic acids is 1. The van der Waals surface area contributed by atoms with Crippen molar-refractivity contribution in [3.63, 3.8) is 0 Å². The highest BCUT2D eigenvalue weighted by Gasteiger charge is 2.39. The van der Waals surface area contributed by atoms with Crippen LogP contribution in [0.15, 0.2) is 36.7 Å². The molecule has 1 saturated carbocycles. The van der Waals surface area contributed by atoms with Crippen molar-refractivity contribution in [3.8, 4) is 0 Å². The summed E-state index contributed by atoms with van der Waals surface area (Å²) in [5, 5.41) is 8.40. The van der Waals surface area contributed by atoms with Gasteiger partial charge in [0.1, 0.15) is 0 Å². The molecule has 0 bridgehead atoms. The fourth-order valence-electron chi connectivity index (χ4n) is 4.28. The fourth-order valence-corrected chi connectivity index (χ4v) is 4.28. The van der Waals surface area contributed by atoms with Crippen LogP contribution in [0.3, 0.4) is 0 Å². The maximum Gasteiger partial charge on any atom is 0.256 e. The van der Waals surface area contributed by atoms with Crippen molar-refractivity contribution >= 4 is 16.8 Å². The van der Waals surface area contributed by atoms with E-state index in [1.54, 1.807) is 0 Å². The van der Waals surface area contributed by atoms with Crippen LogP contribution in [0.2, 0.25) is 0 Å². The van der Waals surface area contributed by atoms with Gasteiger partial charge in [0.05, 0.1) is 17.3 Å². The third kappa shape index (κ3) is 2.37. The zero-order chi connectivity index (χ0) is 17.0. The molecule has 0 radical (unpaired) electrons. The van der Waals surface area contributed by atoms with Gasteiger partial charge in [-0.2, -0.15) is 5.10 Å². The first kappa shape index (κ1) is 14.8. The van der Waals surface area contributed by atoms with Crippen LogP contribution in [-0.2, 0) is 19.9 Å². The first-order chi connectivity index (χ1) is 12.2. The average Bonchev–Trinajstić information content (AvgIpc) is 3.21. The Morgan fingerprint density at radius 1 is 1.24 bits per heavy atom. The second kappa shape index (κ2) is 5.48. The number of hydrogen-bond donors (Lipinski definition) is 1. The highest BCUT2D eigenvalue weighted by Crippen LogP contribution is 2.35. The molecule has 1 fully saturated rings. The van der Waals surface area contributed by atoms with E-state index < -0.39 is 0 Å². The smallest absolute Gasteiger partial charge is 0.256 e. The summed E-state index contributed by atoms with van der Waals surface area (Å²) in [4.78, 5) is 15.7. The van der Waals surface area contributed by atoms with Gasteiger partial charge in [0, 0.05) is 36.4 Å². The van der Waals surface area contributed by atoms with Crippen molar-refractivity contribution in [1.29, 1.82) is 0 Å². The number of H-pyrrole nitrogens is 1. The Morgan fingerprint density at radius 3 is 2.96 bits per heavy atom. The molecule has 3 aromatic rings. The summed E-state index contributed by atoms with van der Waals surface area (Å²) in [5.41, 5.74) is 4.38. The molecule has 5 rings (SSSR count). The van der Waals surface area contributed by atoms with E-state index in [9.17, 15) is 4.79 Å². The maximum absolute atomic E-state index is 13.5. The second-order valence-electron chi connectivity index (χ2n) is 7.38. The molecular weight excluding hydrogens is 312 g/mol. The van der Waals surface area contributed by atoms with Crippen LogP contribution in [0.4, 0.5) is 0 Å². The number of aromatic nitrogens is 3. The van der Waals surface area contributed by atoms with Crippen LogP contribution in [0, 0.1) is 0 Å². The Bertz CT molecular complexity index is 950. The quantitative estimate of drug-likeness (QED) is 0.800. The van der Waals surface area contributed by atoms with Crippen molar-refractivity contribution in [2.45, 2.75) is 44.2 Å². The van der Waals surface area contributed by atoms with Gasteiger partial charge >= 0.3 is 0 Å². The number of aryl methyl sites for hydroxylation is 2. The molecule has 1 aromatic carbocycles. The summed E-state index contributed by atoms with van der Waals surface area (Å²) in [6.45, 7) is 0. The van der Waals surface area contributed by atoms with Crippen LogP contribution in [-0.4, -0.2) is 37.7 Å². The first-order valence-corrected chi connectivity index (χ1v) is 9.10. The molecule has 1 amide bonds. The Morgan fingerprint density at radius 2 is 2.12 bits per heavy atom. The van der Waals surface area contributed by atoms with Crippen LogP contribution in [0.25, 0.3) is 10.9 Å². The molecular formula is C20H22N4O. The standard InChI is InChI=1S/C20H22N4O/c1-23-10-9-13-3-2-4-17(19(13)23)20(25)24(15-5-6-15)16-7-8-18-14(11-16)12-21-22-18/h2-4,9-10,12,15-16H,5-8,11H2,1H3,(H,21,22). The minimum atomic E-state index is 0.187. The van der Waals surface area contributed by atoms with E-state index in [-0.39, 0.29) is 11.9 Å². The van der Waals surface area contributed by atoms with E-state index in [0.717, 1.165) is 48.6 Å². The number of amides is 1. The van der Waals surface area contributed by atoms with Gasteiger partial charge in [-0.05, 0) is 49.8 Å². The predicted octanol–water partition coefficient (Wildman–Crippen LogP) is 3.06. The summed E-state index contributed by atoms with van der Waals surface area (Å²) in [6, 6.07) is 8.81. The Hall–Kier alpha value is -2.56. The van der Waals surface area contributed by atoms with Crippen molar-refractivity contribution in [1.82, 2.24) is 19.7 Å². The number of fused-ring (bicyclic) bond motifs is 2. The van der Waals surface area contributed by atoms with E-state index in [0.29, 0.717) is 6.04 Å². The number of nitrogens with zero attached hydrogens (tertiary/aromatic N) is 3. The lowest BCUT2D eigenvalue weighted by atomic mass is 9.91. The SMILES string of the molecule is Cn1ccc2cccc(C(=O)N(C3CC3)C3CCc4[nH]ncc4C3)c21. The summed E-state index contributed by atoms with van der Waals surface area (Å²) >= 11 is 0. The molecule has 25 heavy (non-hydrogen) atoms. The van der Waals surface area contributed by atoms with Crippen LogP contribution in [0.1, 0.15) is 40.9 Å². The average molecular weight is 334 g/mol. The van der Waals surface area contributed by atoms with Gasteiger partial charge in [0.25, 0.3) is 5.91 Å². The van der Waals surface area contributed by atoms with E-state index in [4.69, 9.17) is 0 Å². The summed E-state index contributed by atoms with van der Waals surface area (Å²) < 4.78 is 2.06. The number of nitrogens with one attached hydrogen (secondary N) is 1. The van der Waals surface area contributed by atoms with E-state index in [1.165, 1.54) is 11.3 Å². The number of benzene rings is 1. The molecule has 2 heterocycles. The topological polar surface area (TPSA) is 53.9 Å². The van der Waals surface area contributed by atoms with Gasteiger partial charge in [-0.15, -0.1) is 0 Å². The normalized spacial score (nSPS) is 19.8.